The quantitative estimate of drug-likeness (QED) is 0.789. The molecule has 104 valence electrons. The first-order valence-corrected chi connectivity index (χ1v) is 7.38. The third-order valence-electron chi connectivity index (χ3n) is 3.34. The van der Waals surface area contributed by atoms with E-state index in [0.717, 1.165) is 37.0 Å². The van der Waals surface area contributed by atoms with Crippen molar-refractivity contribution in [2.24, 2.45) is 5.92 Å². The van der Waals surface area contributed by atoms with Gasteiger partial charge in [-0.3, -0.25) is 4.79 Å². The number of hydrogen-bond donors (Lipinski definition) is 0. The molecule has 0 radical (unpaired) electrons. The van der Waals surface area contributed by atoms with Gasteiger partial charge in [-0.1, -0.05) is 11.6 Å². The first-order valence-electron chi connectivity index (χ1n) is 6.21. The number of carbonyl (C=O) groups excluding carboxylic acids is 1. The van der Waals surface area contributed by atoms with Crippen molar-refractivity contribution >= 4 is 33.4 Å². The molecule has 0 bridgehead atoms. The Bertz CT molecular complexity index is 462. The minimum atomic E-state index is -0.0466. The monoisotopic (exact) mass is 346 g/mol. The summed E-state index contributed by atoms with van der Waals surface area (Å²) in [5, 5.41) is 0.257. The van der Waals surface area contributed by atoms with E-state index in [0.29, 0.717) is 11.5 Å². The van der Waals surface area contributed by atoms with E-state index in [-0.39, 0.29) is 11.1 Å². The van der Waals surface area contributed by atoms with E-state index in [1.165, 1.54) is 0 Å². The maximum atomic E-state index is 12.4. The van der Waals surface area contributed by atoms with Gasteiger partial charge in [0.1, 0.15) is 5.15 Å². The van der Waals surface area contributed by atoms with Crippen molar-refractivity contribution in [3.63, 3.8) is 0 Å². The van der Waals surface area contributed by atoms with Crippen molar-refractivity contribution in [2.75, 3.05) is 26.8 Å². The topological polar surface area (TPSA) is 42.4 Å². The molecule has 1 aromatic rings. The predicted octanol–water partition coefficient (Wildman–Crippen LogP) is 3.00. The van der Waals surface area contributed by atoms with Gasteiger partial charge in [0, 0.05) is 37.5 Å². The Morgan fingerprint density at radius 2 is 2.26 bits per heavy atom. The summed E-state index contributed by atoms with van der Waals surface area (Å²) in [6.45, 7) is 2.26. The molecule has 0 N–H and O–H groups in total. The molecule has 1 aliphatic heterocycles. The summed E-state index contributed by atoms with van der Waals surface area (Å²) in [4.78, 5) is 18.2. The van der Waals surface area contributed by atoms with Crippen molar-refractivity contribution in [2.45, 2.75) is 12.8 Å². The fourth-order valence-corrected chi connectivity index (χ4v) is 2.80. The van der Waals surface area contributed by atoms with E-state index in [9.17, 15) is 4.79 Å². The number of methoxy groups -OCH3 is 1. The molecule has 1 amide bonds. The highest BCUT2D eigenvalue weighted by atomic mass is 79.9. The van der Waals surface area contributed by atoms with Gasteiger partial charge in [-0.15, -0.1) is 0 Å². The molecule has 1 aromatic heterocycles. The van der Waals surface area contributed by atoms with Crippen molar-refractivity contribution in [3.05, 3.63) is 27.5 Å². The zero-order valence-electron chi connectivity index (χ0n) is 10.7. The average Bonchev–Trinajstić information content (AvgIpc) is 2.42. The van der Waals surface area contributed by atoms with E-state index in [4.69, 9.17) is 16.3 Å². The van der Waals surface area contributed by atoms with Crippen LogP contribution in [0.1, 0.15) is 23.2 Å². The molecule has 0 aliphatic carbocycles. The molecule has 19 heavy (non-hydrogen) atoms. The van der Waals surface area contributed by atoms with E-state index in [2.05, 4.69) is 20.9 Å². The average molecular weight is 348 g/mol. The second kappa shape index (κ2) is 6.68. The third kappa shape index (κ3) is 3.68. The molecular formula is C13H16BrClN2O2. The summed E-state index contributed by atoms with van der Waals surface area (Å²) < 4.78 is 5.91. The van der Waals surface area contributed by atoms with Gasteiger partial charge in [-0.25, -0.2) is 4.98 Å². The zero-order valence-corrected chi connectivity index (χ0v) is 13.1. The largest absolute Gasteiger partial charge is 0.384 e. The maximum absolute atomic E-state index is 12.4. The Kier molecular flexibility index (Phi) is 5.19. The van der Waals surface area contributed by atoms with Gasteiger partial charge >= 0.3 is 0 Å². The molecular weight excluding hydrogens is 332 g/mol. The number of halogens is 2. The number of pyridine rings is 1. The second-order valence-electron chi connectivity index (χ2n) is 4.68. The first-order chi connectivity index (χ1) is 9.11. The van der Waals surface area contributed by atoms with E-state index >= 15 is 0 Å². The molecule has 2 rings (SSSR count). The molecule has 0 saturated carbocycles. The number of aromatic nitrogens is 1. The summed E-state index contributed by atoms with van der Waals surface area (Å²) in [5.74, 6) is 0.500. The molecule has 6 heteroatoms. The molecule has 4 nitrogen and oxygen atoms in total. The van der Waals surface area contributed by atoms with Gasteiger partial charge in [0.15, 0.2) is 0 Å². The SMILES string of the molecule is COCC1CCN(C(=O)c2cc(Br)cnc2Cl)CC1. The lowest BCUT2D eigenvalue weighted by Gasteiger charge is -2.31. The van der Waals surface area contributed by atoms with Crippen LogP contribution in [-0.2, 0) is 4.74 Å². The number of ether oxygens (including phenoxy) is 1. The number of rotatable bonds is 3. The Labute approximate surface area is 126 Å². The number of hydrogen-bond acceptors (Lipinski definition) is 3. The third-order valence-corrected chi connectivity index (χ3v) is 4.08. The van der Waals surface area contributed by atoms with Gasteiger partial charge in [0.25, 0.3) is 5.91 Å². The molecule has 0 unspecified atom stereocenters. The Morgan fingerprint density at radius 1 is 1.58 bits per heavy atom. The number of carbonyl (C=O) groups is 1. The first kappa shape index (κ1) is 14.8. The van der Waals surface area contributed by atoms with Crippen LogP contribution in [0.2, 0.25) is 5.15 Å². The summed E-state index contributed by atoms with van der Waals surface area (Å²) in [7, 11) is 1.71. The lowest BCUT2D eigenvalue weighted by Crippen LogP contribution is -2.39. The molecule has 0 spiro atoms. The number of amides is 1. The number of likely N-dealkylation sites (tertiary alicyclic amines) is 1. The van der Waals surface area contributed by atoms with Crippen LogP contribution in [0.25, 0.3) is 0 Å². The normalized spacial score (nSPS) is 16.7. The van der Waals surface area contributed by atoms with Crippen LogP contribution < -0.4 is 0 Å². The van der Waals surface area contributed by atoms with Gasteiger partial charge in [-0.05, 0) is 40.8 Å². The summed E-state index contributed by atoms with van der Waals surface area (Å²) in [5.41, 5.74) is 0.459. The van der Waals surface area contributed by atoms with E-state index in [1.807, 2.05) is 4.90 Å². The van der Waals surface area contributed by atoms with Crippen molar-refractivity contribution < 1.29 is 9.53 Å². The van der Waals surface area contributed by atoms with Crippen LogP contribution in [0.4, 0.5) is 0 Å². The van der Waals surface area contributed by atoms with Gasteiger partial charge in [0.05, 0.1) is 5.56 Å². The lowest BCUT2D eigenvalue weighted by molar-refractivity contribution is 0.0613. The van der Waals surface area contributed by atoms with Crippen LogP contribution in [0.3, 0.4) is 0 Å². The number of nitrogens with zero attached hydrogens (tertiary/aromatic N) is 2. The Morgan fingerprint density at radius 3 is 2.89 bits per heavy atom. The van der Waals surface area contributed by atoms with Crippen LogP contribution >= 0.6 is 27.5 Å². The van der Waals surface area contributed by atoms with Gasteiger partial charge in [0.2, 0.25) is 0 Å². The molecule has 1 fully saturated rings. The minimum absolute atomic E-state index is 0.0466. The highest BCUT2D eigenvalue weighted by Crippen LogP contribution is 2.23. The van der Waals surface area contributed by atoms with Gasteiger partial charge in [-0.2, -0.15) is 0 Å². The molecule has 1 saturated heterocycles. The standard InChI is InChI=1S/C13H16BrClN2O2/c1-19-8-9-2-4-17(5-3-9)13(18)11-6-10(14)7-16-12(11)15/h6-7,9H,2-5,8H2,1H3. The highest BCUT2D eigenvalue weighted by molar-refractivity contribution is 9.10. The smallest absolute Gasteiger partial charge is 0.257 e. The maximum Gasteiger partial charge on any atom is 0.257 e. The fraction of sp³-hybridized carbons (Fsp3) is 0.538. The molecule has 0 aromatic carbocycles. The van der Waals surface area contributed by atoms with E-state index < -0.39 is 0 Å². The van der Waals surface area contributed by atoms with Crippen molar-refractivity contribution in [3.8, 4) is 0 Å². The minimum Gasteiger partial charge on any atom is -0.384 e. The zero-order chi connectivity index (χ0) is 13.8. The van der Waals surface area contributed by atoms with E-state index in [1.54, 1.807) is 19.4 Å². The number of piperidine rings is 1. The van der Waals surface area contributed by atoms with Crippen LogP contribution in [-0.4, -0.2) is 42.6 Å². The Balaban J connectivity index is 2.03. The Hall–Kier alpha value is -0.650. The summed E-state index contributed by atoms with van der Waals surface area (Å²) in [6, 6.07) is 1.72. The van der Waals surface area contributed by atoms with Crippen molar-refractivity contribution in [1.82, 2.24) is 9.88 Å². The predicted molar refractivity (Wildman–Crippen MR) is 77.5 cm³/mol. The molecule has 1 aliphatic rings. The second-order valence-corrected chi connectivity index (χ2v) is 5.96. The lowest BCUT2D eigenvalue weighted by atomic mass is 9.97. The van der Waals surface area contributed by atoms with Crippen LogP contribution in [0.5, 0.6) is 0 Å². The molecule has 0 atom stereocenters. The summed E-state index contributed by atoms with van der Waals surface area (Å²) in [6.07, 6.45) is 3.53. The highest BCUT2D eigenvalue weighted by Gasteiger charge is 2.25. The fourth-order valence-electron chi connectivity index (χ4n) is 2.28. The van der Waals surface area contributed by atoms with Crippen LogP contribution in [0.15, 0.2) is 16.7 Å². The summed E-state index contributed by atoms with van der Waals surface area (Å²) >= 11 is 9.30. The van der Waals surface area contributed by atoms with Gasteiger partial charge < -0.3 is 9.64 Å². The van der Waals surface area contributed by atoms with Crippen molar-refractivity contribution in [1.29, 1.82) is 0 Å². The van der Waals surface area contributed by atoms with Crippen LogP contribution in [0, 0.1) is 5.92 Å². The molecule has 2 heterocycles.